The zero-order chi connectivity index (χ0) is 13.7. The third kappa shape index (κ3) is 1.85. The van der Waals surface area contributed by atoms with Gasteiger partial charge in [-0.15, -0.1) is 0 Å². The predicted octanol–water partition coefficient (Wildman–Crippen LogP) is 3.86. The van der Waals surface area contributed by atoms with Gasteiger partial charge in [0.1, 0.15) is 5.54 Å². The molecule has 0 aliphatic heterocycles. The van der Waals surface area contributed by atoms with E-state index in [2.05, 4.69) is 0 Å². The molecule has 1 fully saturated rings. The van der Waals surface area contributed by atoms with Crippen LogP contribution in [0.2, 0.25) is 0 Å². The topological polar surface area (TPSA) is 26.0 Å². The predicted molar refractivity (Wildman–Crippen MR) is 72.0 cm³/mol. The molecule has 0 aromatic heterocycles. The van der Waals surface area contributed by atoms with Gasteiger partial charge < -0.3 is 5.73 Å². The van der Waals surface area contributed by atoms with Gasteiger partial charge in [0.2, 0.25) is 0 Å². The van der Waals surface area contributed by atoms with E-state index in [1.54, 1.807) is 18.2 Å². The van der Waals surface area contributed by atoms with E-state index in [9.17, 15) is 8.78 Å². The summed E-state index contributed by atoms with van der Waals surface area (Å²) in [5.74, 6) is -2.78. The second-order valence-corrected chi connectivity index (χ2v) is 5.25. The molecule has 1 aliphatic rings. The van der Waals surface area contributed by atoms with Gasteiger partial charge in [0.15, 0.2) is 0 Å². The summed E-state index contributed by atoms with van der Waals surface area (Å²) < 4.78 is 26.7. The number of benzene rings is 2. The maximum Gasteiger partial charge on any atom is 0.272 e. The van der Waals surface area contributed by atoms with Crippen LogP contribution in [-0.2, 0) is 5.54 Å². The molecule has 3 heteroatoms. The zero-order valence-electron chi connectivity index (χ0n) is 10.7. The molecule has 1 saturated carbocycles. The highest BCUT2D eigenvalue weighted by molar-refractivity contribution is 5.68. The van der Waals surface area contributed by atoms with E-state index in [1.165, 1.54) is 0 Å². The first-order valence-electron chi connectivity index (χ1n) is 6.27. The van der Waals surface area contributed by atoms with Crippen LogP contribution in [0.5, 0.6) is 0 Å². The minimum Gasteiger partial charge on any atom is -0.316 e. The Morgan fingerprint density at radius 3 is 2.37 bits per heavy atom. The maximum atomic E-state index is 13.4. The molecule has 1 unspecified atom stereocenters. The summed E-state index contributed by atoms with van der Waals surface area (Å²) in [5, 5.41) is 0. The fraction of sp³-hybridized carbons (Fsp3) is 0.250. The van der Waals surface area contributed by atoms with E-state index in [4.69, 9.17) is 5.73 Å². The molecule has 1 atom stereocenters. The SMILES string of the molecule is Cc1ccccc1-c1cccc(C2(N)CC2(F)F)c1. The molecular weight excluding hydrogens is 244 g/mol. The fourth-order valence-corrected chi connectivity index (χ4v) is 2.48. The summed E-state index contributed by atoms with van der Waals surface area (Å²) in [5.41, 5.74) is 7.92. The molecule has 98 valence electrons. The first kappa shape index (κ1) is 12.3. The van der Waals surface area contributed by atoms with Crippen molar-refractivity contribution in [2.75, 3.05) is 0 Å². The number of hydrogen-bond donors (Lipinski definition) is 1. The molecule has 0 radical (unpaired) electrons. The maximum absolute atomic E-state index is 13.4. The quantitative estimate of drug-likeness (QED) is 0.870. The molecular formula is C16H15F2N. The smallest absolute Gasteiger partial charge is 0.272 e. The Morgan fingerprint density at radius 1 is 1.05 bits per heavy atom. The monoisotopic (exact) mass is 259 g/mol. The lowest BCUT2D eigenvalue weighted by Gasteiger charge is -2.13. The summed E-state index contributed by atoms with van der Waals surface area (Å²) in [6.45, 7) is 2.01. The Kier molecular flexibility index (Phi) is 2.51. The lowest BCUT2D eigenvalue weighted by atomic mass is 9.96. The van der Waals surface area contributed by atoms with Crippen molar-refractivity contribution in [1.29, 1.82) is 0 Å². The van der Waals surface area contributed by atoms with Crippen molar-refractivity contribution in [3.05, 3.63) is 59.7 Å². The largest absolute Gasteiger partial charge is 0.316 e. The Hall–Kier alpha value is -1.74. The summed E-state index contributed by atoms with van der Waals surface area (Å²) in [4.78, 5) is 0. The number of aryl methyl sites for hydroxylation is 1. The first-order valence-corrected chi connectivity index (χ1v) is 6.27. The first-order chi connectivity index (χ1) is 8.94. The molecule has 1 aliphatic carbocycles. The number of alkyl halides is 2. The van der Waals surface area contributed by atoms with Gasteiger partial charge in [0, 0.05) is 6.42 Å². The lowest BCUT2D eigenvalue weighted by molar-refractivity contribution is 0.0891. The van der Waals surface area contributed by atoms with Crippen LogP contribution in [0.3, 0.4) is 0 Å². The van der Waals surface area contributed by atoms with Gasteiger partial charge in [-0.1, -0.05) is 42.5 Å². The van der Waals surface area contributed by atoms with E-state index < -0.39 is 11.5 Å². The highest BCUT2D eigenvalue weighted by Crippen LogP contribution is 2.57. The molecule has 2 aromatic carbocycles. The Bertz CT molecular complexity index is 636. The molecule has 0 heterocycles. The molecule has 1 nitrogen and oxygen atoms in total. The fourth-order valence-electron chi connectivity index (χ4n) is 2.48. The number of rotatable bonds is 2. The van der Waals surface area contributed by atoms with Crippen molar-refractivity contribution in [3.8, 4) is 11.1 Å². The van der Waals surface area contributed by atoms with Crippen molar-refractivity contribution >= 4 is 0 Å². The van der Waals surface area contributed by atoms with Gasteiger partial charge in [-0.25, -0.2) is 8.78 Å². The lowest BCUT2D eigenvalue weighted by Crippen LogP contribution is -2.27. The average Bonchev–Trinajstić information content (AvgIpc) is 2.91. The van der Waals surface area contributed by atoms with Gasteiger partial charge >= 0.3 is 0 Å². The van der Waals surface area contributed by atoms with Crippen LogP contribution in [-0.4, -0.2) is 5.92 Å². The van der Waals surface area contributed by atoms with Gasteiger partial charge in [-0.05, 0) is 35.2 Å². The molecule has 2 aromatic rings. The standard InChI is InChI=1S/C16H15F2N/c1-11-5-2-3-8-14(11)12-6-4-7-13(9-12)15(19)10-16(15,17)18/h2-9H,10,19H2,1H3. The van der Waals surface area contributed by atoms with Gasteiger partial charge in [0.05, 0.1) is 0 Å². The van der Waals surface area contributed by atoms with E-state index in [0.29, 0.717) is 5.56 Å². The highest BCUT2D eigenvalue weighted by Gasteiger charge is 2.69. The minimum atomic E-state index is -2.78. The Labute approximate surface area is 111 Å². The van der Waals surface area contributed by atoms with E-state index >= 15 is 0 Å². The molecule has 0 spiro atoms. The second kappa shape index (κ2) is 3.87. The van der Waals surface area contributed by atoms with Gasteiger partial charge in [-0.3, -0.25) is 0 Å². The molecule has 0 bridgehead atoms. The van der Waals surface area contributed by atoms with Crippen LogP contribution < -0.4 is 5.73 Å². The van der Waals surface area contributed by atoms with Gasteiger partial charge in [-0.2, -0.15) is 0 Å². The Balaban J connectivity index is 2.05. The number of hydrogen-bond acceptors (Lipinski definition) is 1. The summed E-state index contributed by atoms with van der Waals surface area (Å²) in [6, 6.07) is 15.1. The van der Waals surface area contributed by atoms with Crippen molar-refractivity contribution in [3.63, 3.8) is 0 Å². The van der Waals surface area contributed by atoms with Crippen LogP contribution in [0.15, 0.2) is 48.5 Å². The minimum absolute atomic E-state index is 0.267. The molecule has 19 heavy (non-hydrogen) atoms. The van der Waals surface area contributed by atoms with Crippen molar-refractivity contribution < 1.29 is 8.78 Å². The van der Waals surface area contributed by atoms with E-state index in [-0.39, 0.29) is 6.42 Å². The summed E-state index contributed by atoms with van der Waals surface area (Å²) in [7, 11) is 0. The van der Waals surface area contributed by atoms with Crippen molar-refractivity contribution in [1.82, 2.24) is 0 Å². The van der Waals surface area contributed by atoms with Crippen LogP contribution in [0.4, 0.5) is 8.78 Å². The zero-order valence-corrected chi connectivity index (χ0v) is 10.7. The molecule has 0 saturated heterocycles. The third-order valence-electron chi connectivity index (χ3n) is 3.86. The summed E-state index contributed by atoms with van der Waals surface area (Å²) >= 11 is 0. The van der Waals surface area contributed by atoms with Crippen LogP contribution in [0, 0.1) is 6.92 Å². The Morgan fingerprint density at radius 2 is 1.74 bits per heavy atom. The van der Waals surface area contributed by atoms with Crippen molar-refractivity contribution in [2.24, 2.45) is 5.73 Å². The molecule has 0 amide bonds. The molecule has 3 rings (SSSR count). The van der Waals surface area contributed by atoms with Gasteiger partial charge in [0.25, 0.3) is 5.92 Å². The summed E-state index contributed by atoms with van der Waals surface area (Å²) in [6.07, 6.45) is -0.267. The molecule has 2 N–H and O–H groups in total. The van der Waals surface area contributed by atoms with E-state index in [0.717, 1.165) is 16.7 Å². The average molecular weight is 259 g/mol. The van der Waals surface area contributed by atoms with Crippen LogP contribution in [0.1, 0.15) is 17.5 Å². The van der Waals surface area contributed by atoms with E-state index in [1.807, 2.05) is 37.3 Å². The van der Waals surface area contributed by atoms with Crippen molar-refractivity contribution in [2.45, 2.75) is 24.8 Å². The van der Waals surface area contributed by atoms with Crippen LogP contribution >= 0.6 is 0 Å². The third-order valence-corrected chi connectivity index (χ3v) is 3.86. The normalized spacial score (nSPS) is 24.2. The second-order valence-electron chi connectivity index (χ2n) is 5.25. The number of nitrogens with two attached hydrogens (primary N) is 1. The van der Waals surface area contributed by atoms with Crippen LogP contribution in [0.25, 0.3) is 11.1 Å². The number of halogens is 2. The highest BCUT2D eigenvalue weighted by atomic mass is 19.3.